The summed E-state index contributed by atoms with van der Waals surface area (Å²) in [6.45, 7) is 2.90. The molecule has 94 valence electrons. The molecule has 1 aromatic carbocycles. The summed E-state index contributed by atoms with van der Waals surface area (Å²) in [7, 11) is 0. The summed E-state index contributed by atoms with van der Waals surface area (Å²) in [5.74, 6) is 0. The van der Waals surface area contributed by atoms with Gasteiger partial charge in [-0.1, -0.05) is 11.6 Å². The Bertz CT molecular complexity index is 558. The first kappa shape index (κ1) is 11.8. The molecule has 1 aliphatic rings. The Labute approximate surface area is 112 Å². The highest BCUT2D eigenvalue weighted by atomic mass is 35.5. The molecule has 0 unspecified atom stereocenters. The molecule has 0 saturated heterocycles. The second-order valence-corrected chi connectivity index (χ2v) is 5.27. The van der Waals surface area contributed by atoms with Crippen molar-refractivity contribution >= 4 is 11.6 Å². The van der Waals surface area contributed by atoms with Crippen LogP contribution in [0, 0.1) is 6.92 Å². The van der Waals surface area contributed by atoms with Crippen molar-refractivity contribution in [2.24, 2.45) is 0 Å². The number of halogens is 1. The standard InChI is InChI=1S/C14H16ClN3/c1-10-8-11(15)2-5-14(10)18-7-6-13(17-18)9-16-12-3-4-12/h2,5-8,12,16H,3-4,9H2,1H3. The Kier molecular flexibility index (Phi) is 3.10. The normalized spacial score (nSPS) is 15.0. The van der Waals surface area contributed by atoms with Crippen molar-refractivity contribution in [1.29, 1.82) is 0 Å². The van der Waals surface area contributed by atoms with Crippen molar-refractivity contribution in [3.8, 4) is 5.69 Å². The van der Waals surface area contributed by atoms with Crippen LogP contribution >= 0.6 is 11.6 Å². The molecule has 3 nitrogen and oxygen atoms in total. The first-order valence-corrected chi connectivity index (χ1v) is 6.64. The van der Waals surface area contributed by atoms with E-state index in [-0.39, 0.29) is 0 Å². The molecule has 1 heterocycles. The van der Waals surface area contributed by atoms with Crippen LogP contribution in [0.5, 0.6) is 0 Å². The molecule has 0 spiro atoms. The smallest absolute Gasteiger partial charge is 0.0766 e. The minimum atomic E-state index is 0.715. The van der Waals surface area contributed by atoms with Crippen molar-refractivity contribution in [3.05, 3.63) is 46.7 Å². The Morgan fingerprint density at radius 3 is 2.94 bits per heavy atom. The van der Waals surface area contributed by atoms with E-state index in [4.69, 9.17) is 11.6 Å². The molecule has 0 atom stereocenters. The summed E-state index contributed by atoms with van der Waals surface area (Å²) in [5.41, 5.74) is 3.29. The molecule has 1 N–H and O–H groups in total. The van der Waals surface area contributed by atoms with E-state index in [0.717, 1.165) is 28.5 Å². The van der Waals surface area contributed by atoms with Gasteiger partial charge in [-0.2, -0.15) is 5.10 Å². The number of nitrogens with one attached hydrogen (secondary N) is 1. The molecule has 0 bridgehead atoms. The zero-order valence-corrected chi connectivity index (χ0v) is 11.1. The first-order chi connectivity index (χ1) is 8.72. The summed E-state index contributed by atoms with van der Waals surface area (Å²) in [6, 6.07) is 8.63. The molecule has 2 aromatic rings. The van der Waals surface area contributed by atoms with Crippen LogP contribution in [0.3, 0.4) is 0 Å². The molecule has 1 aromatic heterocycles. The highest BCUT2D eigenvalue weighted by molar-refractivity contribution is 6.30. The lowest BCUT2D eigenvalue weighted by Crippen LogP contribution is -2.15. The molecule has 1 saturated carbocycles. The van der Waals surface area contributed by atoms with Crippen LogP contribution in [-0.4, -0.2) is 15.8 Å². The zero-order valence-electron chi connectivity index (χ0n) is 10.4. The van der Waals surface area contributed by atoms with Gasteiger partial charge >= 0.3 is 0 Å². The molecule has 4 heteroatoms. The zero-order chi connectivity index (χ0) is 12.5. The molecular weight excluding hydrogens is 246 g/mol. The quantitative estimate of drug-likeness (QED) is 0.917. The van der Waals surface area contributed by atoms with Crippen molar-refractivity contribution in [1.82, 2.24) is 15.1 Å². The van der Waals surface area contributed by atoms with Gasteiger partial charge in [0.1, 0.15) is 0 Å². The van der Waals surface area contributed by atoms with E-state index in [0.29, 0.717) is 6.04 Å². The van der Waals surface area contributed by atoms with Crippen LogP contribution in [0.15, 0.2) is 30.5 Å². The molecule has 1 fully saturated rings. The van der Waals surface area contributed by atoms with Crippen molar-refractivity contribution in [2.75, 3.05) is 0 Å². The van der Waals surface area contributed by atoms with Gasteiger partial charge in [0.25, 0.3) is 0 Å². The van der Waals surface area contributed by atoms with Gasteiger partial charge in [-0.05, 0) is 49.6 Å². The molecule has 0 aliphatic heterocycles. The topological polar surface area (TPSA) is 29.9 Å². The number of aromatic nitrogens is 2. The molecule has 0 amide bonds. The SMILES string of the molecule is Cc1cc(Cl)ccc1-n1ccc(CNC2CC2)n1. The first-order valence-electron chi connectivity index (χ1n) is 6.27. The van der Waals surface area contributed by atoms with E-state index in [1.165, 1.54) is 12.8 Å². The maximum absolute atomic E-state index is 5.96. The summed E-state index contributed by atoms with van der Waals surface area (Å²) < 4.78 is 1.91. The Balaban J connectivity index is 1.78. The molecule has 0 radical (unpaired) electrons. The van der Waals surface area contributed by atoms with E-state index in [1.807, 2.05) is 36.0 Å². The van der Waals surface area contributed by atoms with Gasteiger partial charge in [0.15, 0.2) is 0 Å². The second-order valence-electron chi connectivity index (χ2n) is 4.84. The van der Waals surface area contributed by atoms with Crippen LogP contribution < -0.4 is 5.32 Å². The van der Waals surface area contributed by atoms with E-state index in [9.17, 15) is 0 Å². The maximum Gasteiger partial charge on any atom is 0.0766 e. The van der Waals surface area contributed by atoms with E-state index in [1.54, 1.807) is 0 Å². The van der Waals surface area contributed by atoms with Gasteiger partial charge < -0.3 is 5.32 Å². The molecule has 1 aliphatic carbocycles. The number of aryl methyl sites for hydroxylation is 1. The number of rotatable bonds is 4. The summed E-state index contributed by atoms with van der Waals surface area (Å²) in [4.78, 5) is 0. The number of benzene rings is 1. The van der Waals surface area contributed by atoms with Crippen molar-refractivity contribution in [2.45, 2.75) is 32.4 Å². The highest BCUT2D eigenvalue weighted by Crippen LogP contribution is 2.20. The lowest BCUT2D eigenvalue weighted by molar-refractivity contribution is 0.664. The molecule has 18 heavy (non-hydrogen) atoms. The van der Waals surface area contributed by atoms with Gasteiger partial charge in [0.2, 0.25) is 0 Å². The largest absolute Gasteiger partial charge is 0.308 e. The summed E-state index contributed by atoms with van der Waals surface area (Å²) in [6.07, 6.45) is 4.61. The van der Waals surface area contributed by atoms with E-state index < -0.39 is 0 Å². The minimum absolute atomic E-state index is 0.715. The van der Waals surface area contributed by atoms with Crippen molar-refractivity contribution in [3.63, 3.8) is 0 Å². The third-order valence-electron chi connectivity index (χ3n) is 3.20. The number of hydrogen-bond acceptors (Lipinski definition) is 2. The Hall–Kier alpha value is -1.32. The van der Waals surface area contributed by atoms with Gasteiger partial charge in [-0.15, -0.1) is 0 Å². The summed E-state index contributed by atoms with van der Waals surface area (Å²) in [5, 5.41) is 8.81. The van der Waals surface area contributed by atoms with Crippen LogP contribution in [0.25, 0.3) is 5.69 Å². The number of nitrogens with zero attached hydrogens (tertiary/aromatic N) is 2. The van der Waals surface area contributed by atoms with Gasteiger partial charge in [-0.25, -0.2) is 4.68 Å². The van der Waals surface area contributed by atoms with E-state index >= 15 is 0 Å². The van der Waals surface area contributed by atoms with Crippen LogP contribution in [0.4, 0.5) is 0 Å². The van der Waals surface area contributed by atoms with Gasteiger partial charge in [-0.3, -0.25) is 0 Å². The molecule has 3 rings (SSSR count). The van der Waals surface area contributed by atoms with Crippen LogP contribution in [-0.2, 0) is 6.54 Å². The van der Waals surface area contributed by atoms with Gasteiger partial charge in [0, 0.05) is 23.8 Å². The van der Waals surface area contributed by atoms with E-state index in [2.05, 4.69) is 16.5 Å². The lowest BCUT2D eigenvalue weighted by Gasteiger charge is -2.06. The minimum Gasteiger partial charge on any atom is -0.308 e. The Morgan fingerprint density at radius 1 is 1.39 bits per heavy atom. The third-order valence-corrected chi connectivity index (χ3v) is 3.43. The average molecular weight is 262 g/mol. The van der Waals surface area contributed by atoms with Gasteiger partial charge in [0.05, 0.1) is 11.4 Å². The van der Waals surface area contributed by atoms with Crippen LogP contribution in [0.1, 0.15) is 24.1 Å². The fraction of sp³-hybridized carbons (Fsp3) is 0.357. The highest BCUT2D eigenvalue weighted by Gasteiger charge is 2.20. The van der Waals surface area contributed by atoms with Crippen LogP contribution in [0.2, 0.25) is 5.02 Å². The average Bonchev–Trinajstić information content (AvgIpc) is 3.05. The predicted octanol–water partition coefficient (Wildman–Crippen LogP) is 3.09. The fourth-order valence-electron chi connectivity index (χ4n) is 2.00. The molecular formula is C14H16ClN3. The summed E-state index contributed by atoms with van der Waals surface area (Å²) >= 11 is 5.96. The predicted molar refractivity (Wildman–Crippen MR) is 73.2 cm³/mol. The second kappa shape index (κ2) is 4.75. The Morgan fingerprint density at radius 2 is 2.22 bits per heavy atom. The third kappa shape index (κ3) is 2.57. The monoisotopic (exact) mass is 261 g/mol. The maximum atomic E-state index is 5.96. The van der Waals surface area contributed by atoms with Crippen molar-refractivity contribution < 1.29 is 0 Å². The lowest BCUT2D eigenvalue weighted by atomic mass is 10.2. The number of hydrogen-bond donors (Lipinski definition) is 1. The fourth-order valence-corrected chi connectivity index (χ4v) is 2.23.